The third kappa shape index (κ3) is 7.52. The van der Waals surface area contributed by atoms with E-state index in [4.69, 9.17) is 4.74 Å². The van der Waals surface area contributed by atoms with Crippen LogP contribution in [0.3, 0.4) is 0 Å². The first-order valence-electron chi connectivity index (χ1n) is 7.86. The molecule has 0 aliphatic rings. The highest BCUT2D eigenvalue weighted by Gasteiger charge is 2.11. The molecule has 150 valence electrons. The third-order valence-corrected chi connectivity index (χ3v) is 3.22. The maximum atomic E-state index is 12.1. The predicted octanol–water partition coefficient (Wildman–Crippen LogP) is 3.61. The number of carbonyl (C=O) groups excluding carboxylic acids is 2. The molecular weight excluding hydrogens is 386 g/mol. The second kappa shape index (κ2) is 10.1. The van der Waals surface area contributed by atoms with Crippen molar-refractivity contribution in [2.24, 2.45) is 0 Å². The van der Waals surface area contributed by atoms with Gasteiger partial charge in [-0.25, -0.2) is 0 Å². The molecule has 0 spiro atoms. The molecule has 0 aliphatic heterocycles. The molecule has 0 radical (unpaired) electrons. The van der Waals surface area contributed by atoms with E-state index in [-0.39, 0.29) is 17.9 Å². The summed E-state index contributed by atoms with van der Waals surface area (Å²) in [7, 11) is 0. The zero-order valence-electron chi connectivity index (χ0n) is 14.2. The number of amides is 1. The molecule has 6 nitrogen and oxygen atoms in total. The van der Waals surface area contributed by atoms with Gasteiger partial charge in [-0.2, -0.15) is 17.6 Å². The number of esters is 1. The molecule has 0 aliphatic carbocycles. The van der Waals surface area contributed by atoms with Gasteiger partial charge in [0.1, 0.15) is 11.5 Å². The Labute approximate surface area is 157 Å². The van der Waals surface area contributed by atoms with Crippen molar-refractivity contribution in [2.45, 2.75) is 19.6 Å². The lowest BCUT2D eigenvalue weighted by molar-refractivity contribution is -0.146. The number of carbonyl (C=O) groups is 2. The van der Waals surface area contributed by atoms with Gasteiger partial charge in [-0.05, 0) is 42.0 Å². The fraction of sp³-hybridized carbons (Fsp3) is 0.222. The molecule has 0 fully saturated rings. The fourth-order valence-electron chi connectivity index (χ4n) is 2.07. The van der Waals surface area contributed by atoms with Crippen molar-refractivity contribution < 1.29 is 41.4 Å². The molecule has 0 bridgehead atoms. The summed E-state index contributed by atoms with van der Waals surface area (Å²) in [5.41, 5.74) is 0.791. The van der Waals surface area contributed by atoms with E-state index in [1.54, 1.807) is 0 Å². The minimum atomic E-state index is -2.95. The SMILES string of the molecule is O=C(COC(=O)Cc1ccc(OC(F)F)cc1)Nc1ccc(OC(F)F)cc1. The predicted molar refractivity (Wildman–Crippen MR) is 89.4 cm³/mol. The number of rotatable bonds is 9. The van der Waals surface area contributed by atoms with Crippen LogP contribution in [0, 0.1) is 0 Å². The lowest BCUT2D eigenvalue weighted by Gasteiger charge is -2.08. The average molecular weight is 401 g/mol. The van der Waals surface area contributed by atoms with Gasteiger partial charge in [0.25, 0.3) is 5.91 Å². The Kier molecular flexibility index (Phi) is 7.61. The van der Waals surface area contributed by atoms with Crippen LogP contribution in [0.25, 0.3) is 0 Å². The molecule has 28 heavy (non-hydrogen) atoms. The zero-order valence-corrected chi connectivity index (χ0v) is 14.2. The van der Waals surface area contributed by atoms with Gasteiger partial charge in [0.05, 0.1) is 6.42 Å². The first-order chi connectivity index (χ1) is 13.3. The maximum Gasteiger partial charge on any atom is 0.387 e. The van der Waals surface area contributed by atoms with E-state index < -0.39 is 31.7 Å². The Morgan fingerprint density at radius 3 is 1.82 bits per heavy atom. The number of halogens is 4. The quantitative estimate of drug-likeness (QED) is 0.513. The summed E-state index contributed by atoms with van der Waals surface area (Å²) < 4.78 is 61.4. The molecule has 0 aromatic heterocycles. The highest BCUT2D eigenvalue weighted by molar-refractivity contribution is 5.92. The number of hydrogen-bond donors (Lipinski definition) is 1. The Morgan fingerprint density at radius 2 is 1.32 bits per heavy atom. The number of nitrogens with one attached hydrogen (secondary N) is 1. The summed E-state index contributed by atoms with van der Waals surface area (Å²) >= 11 is 0. The molecule has 2 rings (SSSR count). The normalized spacial score (nSPS) is 10.6. The van der Waals surface area contributed by atoms with E-state index in [0.717, 1.165) is 0 Å². The highest BCUT2D eigenvalue weighted by atomic mass is 19.3. The molecule has 2 aromatic carbocycles. The molecule has 0 heterocycles. The molecule has 0 saturated heterocycles. The van der Waals surface area contributed by atoms with E-state index in [2.05, 4.69) is 14.8 Å². The fourth-order valence-corrected chi connectivity index (χ4v) is 2.07. The van der Waals surface area contributed by atoms with Crippen LogP contribution in [0.15, 0.2) is 48.5 Å². The summed E-state index contributed by atoms with van der Waals surface area (Å²) in [6, 6.07) is 10.6. The standard InChI is InChI=1S/C18H15F4NO5/c19-17(20)27-13-5-1-11(2-6-13)9-16(25)26-10-15(24)23-12-3-7-14(8-4-12)28-18(21)22/h1-8,17-18H,9-10H2,(H,23,24). The minimum Gasteiger partial charge on any atom is -0.455 e. The van der Waals surface area contributed by atoms with Crippen LogP contribution in [-0.2, 0) is 20.7 Å². The van der Waals surface area contributed by atoms with E-state index in [1.807, 2.05) is 0 Å². The van der Waals surface area contributed by atoms with Gasteiger partial charge in [0, 0.05) is 5.69 Å². The van der Waals surface area contributed by atoms with Crippen LogP contribution in [0.5, 0.6) is 11.5 Å². The summed E-state index contributed by atoms with van der Waals surface area (Å²) in [6.07, 6.45) is -0.165. The molecular formula is C18H15F4NO5. The molecule has 10 heteroatoms. The van der Waals surface area contributed by atoms with Crippen LogP contribution in [0.4, 0.5) is 23.2 Å². The average Bonchev–Trinajstić information content (AvgIpc) is 2.62. The van der Waals surface area contributed by atoms with E-state index in [0.29, 0.717) is 11.3 Å². The third-order valence-electron chi connectivity index (χ3n) is 3.22. The molecule has 2 aromatic rings. The van der Waals surface area contributed by atoms with Gasteiger partial charge in [0.15, 0.2) is 6.61 Å². The van der Waals surface area contributed by atoms with Gasteiger partial charge in [-0.15, -0.1) is 0 Å². The Morgan fingerprint density at radius 1 is 0.821 bits per heavy atom. The van der Waals surface area contributed by atoms with Crippen molar-refractivity contribution in [1.82, 2.24) is 0 Å². The Hall–Kier alpha value is -3.30. The highest BCUT2D eigenvalue weighted by Crippen LogP contribution is 2.18. The van der Waals surface area contributed by atoms with E-state index in [9.17, 15) is 27.2 Å². The summed E-state index contributed by atoms with van der Waals surface area (Å²) in [6.45, 7) is -6.45. The Balaban J connectivity index is 1.75. The van der Waals surface area contributed by atoms with Gasteiger partial charge >= 0.3 is 19.2 Å². The van der Waals surface area contributed by atoms with Crippen molar-refractivity contribution in [3.05, 3.63) is 54.1 Å². The lowest BCUT2D eigenvalue weighted by Crippen LogP contribution is -2.21. The lowest BCUT2D eigenvalue weighted by atomic mass is 10.1. The van der Waals surface area contributed by atoms with Crippen LogP contribution < -0.4 is 14.8 Å². The van der Waals surface area contributed by atoms with Crippen molar-refractivity contribution in [1.29, 1.82) is 0 Å². The Bertz CT molecular complexity index is 714. The summed E-state index contributed by atoms with van der Waals surface area (Å²) in [4.78, 5) is 23.5. The zero-order chi connectivity index (χ0) is 20.5. The number of alkyl halides is 4. The molecule has 0 atom stereocenters. The van der Waals surface area contributed by atoms with Crippen LogP contribution in [-0.4, -0.2) is 31.7 Å². The smallest absolute Gasteiger partial charge is 0.387 e. The number of benzene rings is 2. The van der Waals surface area contributed by atoms with Gasteiger partial charge in [-0.1, -0.05) is 12.1 Å². The van der Waals surface area contributed by atoms with Crippen LogP contribution >= 0.6 is 0 Å². The summed E-state index contributed by atoms with van der Waals surface area (Å²) in [5.74, 6) is -1.43. The van der Waals surface area contributed by atoms with Gasteiger partial charge in [0.2, 0.25) is 0 Å². The second-order valence-corrected chi connectivity index (χ2v) is 5.31. The first kappa shape index (κ1) is 21.0. The van der Waals surface area contributed by atoms with Crippen molar-refractivity contribution in [2.75, 3.05) is 11.9 Å². The van der Waals surface area contributed by atoms with E-state index in [1.165, 1.54) is 48.5 Å². The van der Waals surface area contributed by atoms with Gasteiger partial charge in [-0.3, -0.25) is 9.59 Å². The number of ether oxygens (including phenoxy) is 3. The maximum absolute atomic E-state index is 12.1. The summed E-state index contributed by atoms with van der Waals surface area (Å²) in [5, 5.41) is 2.42. The second-order valence-electron chi connectivity index (χ2n) is 5.31. The van der Waals surface area contributed by atoms with Crippen LogP contribution in [0.2, 0.25) is 0 Å². The van der Waals surface area contributed by atoms with Crippen LogP contribution in [0.1, 0.15) is 5.56 Å². The van der Waals surface area contributed by atoms with E-state index >= 15 is 0 Å². The number of hydrogen-bond acceptors (Lipinski definition) is 5. The van der Waals surface area contributed by atoms with Crippen molar-refractivity contribution in [3.8, 4) is 11.5 Å². The largest absolute Gasteiger partial charge is 0.455 e. The molecule has 1 N–H and O–H groups in total. The molecule has 0 saturated carbocycles. The minimum absolute atomic E-state index is 0.0449. The number of anilines is 1. The topological polar surface area (TPSA) is 73.9 Å². The monoisotopic (exact) mass is 401 g/mol. The first-order valence-corrected chi connectivity index (χ1v) is 7.86. The van der Waals surface area contributed by atoms with Crippen molar-refractivity contribution >= 4 is 17.6 Å². The van der Waals surface area contributed by atoms with Gasteiger partial charge < -0.3 is 19.5 Å². The molecule has 1 amide bonds. The molecule has 0 unspecified atom stereocenters. The van der Waals surface area contributed by atoms with Crippen molar-refractivity contribution in [3.63, 3.8) is 0 Å².